The van der Waals surface area contributed by atoms with Gasteiger partial charge in [-0.05, 0) is 84.9 Å². The first-order chi connectivity index (χ1) is 16.8. The van der Waals surface area contributed by atoms with E-state index >= 15 is 0 Å². The van der Waals surface area contributed by atoms with Crippen LogP contribution in [0.5, 0.6) is 5.75 Å². The third-order valence-electron chi connectivity index (χ3n) is 6.72. The summed E-state index contributed by atoms with van der Waals surface area (Å²) in [6, 6.07) is 9.08. The summed E-state index contributed by atoms with van der Waals surface area (Å²) in [5, 5.41) is 0. The number of hydrogen-bond donors (Lipinski definition) is 0. The Labute approximate surface area is 200 Å². The molecule has 1 nitrogen and oxygen atoms in total. The van der Waals surface area contributed by atoms with Gasteiger partial charge in [-0.1, -0.05) is 31.5 Å². The van der Waals surface area contributed by atoms with E-state index in [9.17, 15) is 26.3 Å². The van der Waals surface area contributed by atoms with Crippen molar-refractivity contribution in [3.8, 4) is 16.9 Å². The van der Waals surface area contributed by atoms with Crippen LogP contribution in [0.2, 0.25) is 0 Å². The summed E-state index contributed by atoms with van der Waals surface area (Å²) < 4.78 is 89.4. The second kappa shape index (κ2) is 10.8. The second-order valence-electron chi connectivity index (χ2n) is 9.12. The monoisotopic (exact) mass is 492 g/mol. The predicted molar refractivity (Wildman–Crippen MR) is 122 cm³/mol. The molecule has 7 heteroatoms. The molecule has 1 fully saturated rings. The Hall–Kier alpha value is -2.96. The van der Waals surface area contributed by atoms with Crippen molar-refractivity contribution in [1.29, 1.82) is 0 Å². The number of halogens is 6. The fourth-order valence-electron chi connectivity index (χ4n) is 4.74. The van der Waals surface area contributed by atoms with Gasteiger partial charge < -0.3 is 4.74 Å². The van der Waals surface area contributed by atoms with Gasteiger partial charge in [0.25, 0.3) is 0 Å². The van der Waals surface area contributed by atoms with Crippen LogP contribution in [0.3, 0.4) is 0 Å². The minimum absolute atomic E-state index is 0.0141. The molecule has 0 radical (unpaired) electrons. The fraction of sp³-hybridized carbons (Fsp3) is 0.357. The average Bonchev–Trinajstić information content (AvgIpc) is 2.85. The molecule has 0 amide bonds. The lowest BCUT2D eigenvalue weighted by atomic mass is 9.79. The van der Waals surface area contributed by atoms with E-state index in [0.29, 0.717) is 49.7 Å². The summed E-state index contributed by atoms with van der Waals surface area (Å²) in [7, 11) is 0. The zero-order chi connectivity index (χ0) is 25.1. The van der Waals surface area contributed by atoms with E-state index in [-0.39, 0.29) is 35.3 Å². The molecule has 35 heavy (non-hydrogen) atoms. The number of benzene rings is 3. The molecular formula is C28H26F6O. The van der Waals surface area contributed by atoms with Crippen LogP contribution in [-0.2, 0) is 6.42 Å². The zero-order valence-corrected chi connectivity index (χ0v) is 19.3. The molecule has 1 aliphatic carbocycles. The van der Waals surface area contributed by atoms with Gasteiger partial charge in [-0.2, -0.15) is 0 Å². The lowest BCUT2D eigenvalue weighted by molar-refractivity contribution is 0.194. The number of hydrogen-bond acceptors (Lipinski definition) is 1. The van der Waals surface area contributed by atoms with Gasteiger partial charge in [-0.25, -0.2) is 26.3 Å². The molecule has 0 spiro atoms. The maximum atomic E-state index is 14.7. The highest BCUT2D eigenvalue weighted by Crippen LogP contribution is 2.37. The summed E-state index contributed by atoms with van der Waals surface area (Å²) in [6.45, 7) is 2.13. The van der Waals surface area contributed by atoms with Crippen molar-refractivity contribution in [3.63, 3.8) is 0 Å². The van der Waals surface area contributed by atoms with Crippen LogP contribution >= 0.6 is 0 Å². The molecule has 1 saturated carbocycles. The van der Waals surface area contributed by atoms with Crippen molar-refractivity contribution >= 4 is 0 Å². The molecule has 186 valence electrons. The van der Waals surface area contributed by atoms with E-state index < -0.39 is 34.9 Å². The molecular weight excluding hydrogens is 466 g/mol. The standard InChI is InChI=1S/C28H26F6O/c1-2-3-18-8-10-21(27(33)26(18)32)19-9-11-25(22(29)12-19)35-15-16-4-6-17(7-5-16)20-13-23(30)28(34)24(31)14-20/h8-14,16-17H,2-7,15H2,1H3. The van der Waals surface area contributed by atoms with Crippen LogP contribution in [0.1, 0.15) is 56.1 Å². The van der Waals surface area contributed by atoms with Gasteiger partial charge in [0.2, 0.25) is 0 Å². The molecule has 4 rings (SSSR count). The summed E-state index contributed by atoms with van der Waals surface area (Å²) in [6.07, 6.45) is 3.82. The molecule has 0 bridgehead atoms. The Balaban J connectivity index is 1.36. The van der Waals surface area contributed by atoms with Gasteiger partial charge in [0.1, 0.15) is 0 Å². The van der Waals surface area contributed by atoms with Crippen LogP contribution in [0.4, 0.5) is 26.3 Å². The van der Waals surface area contributed by atoms with Crippen LogP contribution in [-0.4, -0.2) is 6.61 Å². The Morgan fingerprint density at radius 1 is 0.743 bits per heavy atom. The maximum absolute atomic E-state index is 14.7. The van der Waals surface area contributed by atoms with E-state index in [1.54, 1.807) is 0 Å². The smallest absolute Gasteiger partial charge is 0.194 e. The Morgan fingerprint density at radius 3 is 2.06 bits per heavy atom. The first kappa shape index (κ1) is 25.1. The van der Waals surface area contributed by atoms with Gasteiger partial charge in [-0.15, -0.1) is 0 Å². The van der Waals surface area contributed by atoms with Crippen molar-refractivity contribution in [3.05, 3.63) is 88.5 Å². The Bertz CT molecular complexity index is 1180. The number of rotatable bonds is 7. The topological polar surface area (TPSA) is 9.23 Å². The maximum Gasteiger partial charge on any atom is 0.194 e. The van der Waals surface area contributed by atoms with E-state index in [1.807, 2.05) is 6.92 Å². The highest BCUT2D eigenvalue weighted by Gasteiger charge is 2.25. The predicted octanol–water partition coefficient (Wildman–Crippen LogP) is 8.49. The summed E-state index contributed by atoms with van der Waals surface area (Å²) in [4.78, 5) is 0. The normalized spacial score (nSPS) is 18.0. The van der Waals surface area contributed by atoms with Gasteiger partial charge in [0, 0.05) is 5.56 Å². The van der Waals surface area contributed by atoms with Gasteiger partial charge in [0.15, 0.2) is 40.7 Å². The van der Waals surface area contributed by atoms with Crippen LogP contribution in [0.15, 0.2) is 42.5 Å². The largest absolute Gasteiger partial charge is 0.490 e. The molecule has 0 unspecified atom stereocenters. The third kappa shape index (κ3) is 5.49. The molecule has 1 aliphatic rings. The quantitative estimate of drug-likeness (QED) is 0.237. The fourth-order valence-corrected chi connectivity index (χ4v) is 4.74. The van der Waals surface area contributed by atoms with Crippen molar-refractivity contribution in [2.75, 3.05) is 6.61 Å². The van der Waals surface area contributed by atoms with E-state index in [4.69, 9.17) is 4.74 Å². The zero-order valence-electron chi connectivity index (χ0n) is 19.3. The molecule has 0 N–H and O–H groups in total. The lowest BCUT2D eigenvalue weighted by Gasteiger charge is -2.29. The number of aryl methyl sites for hydroxylation is 1. The first-order valence-corrected chi connectivity index (χ1v) is 11.8. The third-order valence-corrected chi connectivity index (χ3v) is 6.72. The molecule has 3 aromatic carbocycles. The molecule has 0 aromatic heterocycles. The highest BCUT2D eigenvalue weighted by atomic mass is 19.2. The Kier molecular flexibility index (Phi) is 7.72. The van der Waals surface area contributed by atoms with Crippen molar-refractivity contribution < 1.29 is 31.1 Å². The minimum Gasteiger partial charge on any atom is -0.490 e. The molecule has 0 saturated heterocycles. The molecule has 3 aromatic rings. The first-order valence-electron chi connectivity index (χ1n) is 11.8. The minimum atomic E-state index is -1.47. The SMILES string of the molecule is CCCc1ccc(-c2ccc(OCC3CCC(c4cc(F)c(F)c(F)c4)CC3)c(F)c2)c(F)c1F. The van der Waals surface area contributed by atoms with Crippen LogP contribution in [0.25, 0.3) is 11.1 Å². The van der Waals surface area contributed by atoms with E-state index in [0.717, 1.165) is 18.2 Å². The second-order valence-corrected chi connectivity index (χ2v) is 9.12. The Morgan fingerprint density at radius 2 is 1.43 bits per heavy atom. The van der Waals surface area contributed by atoms with Crippen molar-refractivity contribution in [2.45, 2.75) is 51.4 Å². The summed E-state index contributed by atoms with van der Waals surface area (Å²) in [5.41, 5.74) is 0.931. The molecule has 0 atom stereocenters. The van der Waals surface area contributed by atoms with Crippen molar-refractivity contribution in [1.82, 2.24) is 0 Å². The molecule has 0 aliphatic heterocycles. The lowest BCUT2D eigenvalue weighted by Crippen LogP contribution is -2.20. The highest BCUT2D eigenvalue weighted by molar-refractivity contribution is 5.65. The molecule has 0 heterocycles. The summed E-state index contributed by atoms with van der Waals surface area (Å²) in [5.74, 6) is -6.37. The van der Waals surface area contributed by atoms with Gasteiger partial charge in [-0.3, -0.25) is 0 Å². The van der Waals surface area contributed by atoms with Crippen molar-refractivity contribution in [2.24, 2.45) is 5.92 Å². The number of ether oxygens (including phenoxy) is 1. The van der Waals surface area contributed by atoms with E-state index in [2.05, 4.69) is 0 Å². The van der Waals surface area contributed by atoms with Crippen LogP contribution in [0, 0.1) is 40.8 Å². The average molecular weight is 493 g/mol. The summed E-state index contributed by atoms with van der Waals surface area (Å²) >= 11 is 0. The van der Waals surface area contributed by atoms with Crippen LogP contribution < -0.4 is 4.74 Å². The van der Waals surface area contributed by atoms with Gasteiger partial charge >= 0.3 is 0 Å². The van der Waals surface area contributed by atoms with E-state index in [1.165, 1.54) is 24.3 Å². The van der Waals surface area contributed by atoms with Gasteiger partial charge in [0.05, 0.1) is 6.61 Å².